The van der Waals surface area contributed by atoms with E-state index in [0.29, 0.717) is 12.0 Å². The fourth-order valence-electron chi connectivity index (χ4n) is 2.31. The Morgan fingerprint density at radius 1 is 1.33 bits per heavy atom. The number of halogens is 1. The van der Waals surface area contributed by atoms with Crippen LogP contribution in [0.3, 0.4) is 0 Å². The Morgan fingerprint density at radius 2 is 2.00 bits per heavy atom. The van der Waals surface area contributed by atoms with Gasteiger partial charge in [-0.1, -0.05) is 27.7 Å². The third kappa shape index (κ3) is 7.33. The lowest BCUT2D eigenvalue weighted by Gasteiger charge is -2.20. The normalized spacial score (nSPS) is 18.9. The minimum absolute atomic E-state index is 0. The molecule has 21 heavy (non-hydrogen) atoms. The van der Waals surface area contributed by atoms with Gasteiger partial charge in [0.25, 0.3) is 0 Å². The minimum atomic E-state index is 0. The van der Waals surface area contributed by atoms with Gasteiger partial charge in [-0.2, -0.15) is 0 Å². The molecule has 6 heteroatoms. The fourth-order valence-corrected chi connectivity index (χ4v) is 2.31. The van der Waals surface area contributed by atoms with Gasteiger partial charge >= 0.3 is 0 Å². The number of amides is 1. The summed E-state index contributed by atoms with van der Waals surface area (Å²) in [7, 11) is 1.79. The van der Waals surface area contributed by atoms with Crippen molar-refractivity contribution in [1.29, 1.82) is 0 Å². The Labute approximate surface area is 146 Å². The van der Waals surface area contributed by atoms with E-state index >= 15 is 0 Å². The SMILES string of the molecule is CN=C(NCCC(C)C)NC1CCN(C(=O)C(C)C)C1.I. The molecule has 1 rings (SSSR count). The Kier molecular flexibility index (Phi) is 9.98. The van der Waals surface area contributed by atoms with Crippen molar-refractivity contribution in [3.05, 3.63) is 0 Å². The smallest absolute Gasteiger partial charge is 0.225 e. The van der Waals surface area contributed by atoms with Crippen molar-refractivity contribution >= 4 is 35.8 Å². The van der Waals surface area contributed by atoms with Crippen molar-refractivity contribution in [3.63, 3.8) is 0 Å². The van der Waals surface area contributed by atoms with Gasteiger partial charge in [0, 0.05) is 38.6 Å². The van der Waals surface area contributed by atoms with E-state index in [9.17, 15) is 4.79 Å². The van der Waals surface area contributed by atoms with Crippen LogP contribution in [0.2, 0.25) is 0 Å². The molecule has 1 unspecified atom stereocenters. The van der Waals surface area contributed by atoms with Gasteiger partial charge in [-0.3, -0.25) is 9.79 Å². The molecule has 124 valence electrons. The number of aliphatic imine (C=N–C) groups is 1. The van der Waals surface area contributed by atoms with Crippen molar-refractivity contribution in [2.45, 2.75) is 46.6 Å². The molecule has 0 aromatic rings. The lowest BCUT2D eigenvalue weighted by atomic mass is 10.1. The Balaban J connectivity index is 0.00000400. The van der Waals surface area contributed by atoms with Gasteiger partial charge in [-0.15, -0.1) is 24.0 Å². The zero-order valence-corrected chi connectivity index (χ0v) is 16.3. The predicted octanol–water partition coefficient (Wildman–Crippen LogP) is 2.07. The third-order valence-corrected chi connectivity index (χ3v) is 3.57. The summed E-state index contributed by atoms with van der Waals surface area (Å²) in [5, 5.41) is 6.74. The van der Waals surface area contributed by atoms with Crippen LogP contribution in [0, 0.1) is 11.8 Å². The lowest BCUT2D eigenvalue weighted by Crippen LogP contribution is -2.45. The van der Waals surface area contributed by atoms with Gasteiger partial charge in [0.2, 0.25) is 5.91 Å². The lowest BCUT2D eigenvalue weighted by molar-refractivity contribution is -0.133. The number of rotatable bonds is 5. The number of hydrogen-bond donors (Lipinski definition) is 2. The second-order valence-corrected chi connectivity index (χ2v) is 6.25. The zero-order valence-electron chi connectivity index (χ0n) is 14.0. The maximum atomic E-state index is 11.9. The first kappa shape index (κ1) is 20.5. The molecule has 0 aliphatic carbocycles. The molecule has 0 spiro atoms. The summed E-state index contributed by atoms with van der Waals surface area (Å²) in [5.41, 5.74) is 0. The summed E-state index contributed by atoms with van der Waals surface area (Å²) in [4.78, 5) is 18.1. The molecule has 0 radical (unpaired) electrons. The van der Waals surface area contributed by atoms with Gasteiger partial charge < -0.3 is 15.5 Å². The number of carbonyl (C=O) groups excluding carboxylic acids is 1. The number of nitrogens with zero attached hydrogens (tertiary/aromatic N) is 2. The molecule has 5 nitrogen and oxygen atoms in total. The van der Waals surface area contributed by atoms with Gasteiger partial charge in [0.05, 0.1) is 0 Å². The number of hydrogen-bond acceptors (Lipinski definition) is 2. The Morgan fingerprint density at radius 3 is 2.52 bits per heavy atom. The molecule has 0 aromatic heterocycles. The summed E-state index contributed by atoms with van der Waals surface area (Å²) < 4.78 is 0. The molecule has 0 saturated carbocycles. The summed E-state index contributed by atoms with van der Waals surface area (Å²) in [6.45, 7) is 10.9. The van der Waals surface area contributed by atoms with Crippen molar-refractivity contribution in [2.75, 3.05) is 26.7 Å². The standard InChI is InChI=1S/C15H30N4O.HI/c1-11(2)6-8-17-15(16-5)18-13-7-9-19(10-13)14(20)12(3)4;/h11-13H,6-10H2,1-5H3,(H2,16,17,18);1H. The van der Waals surface area contributed by atoms with E-state index in [0.717, 1.165) is 38.4 Å². The highest BCUT2D eigenvalue weighted by Crippen LogP contribution is 2.12. The minimum Gasteiger partial charge on any atom is -0.356 e. The number of likely N-dealkylation sites (tertiary alicyclic amines) is 1. The molecule has 1 heterocycles. The Bertz CT molecular complexity index is 345. The molecule has 1 amide bonds. The zero-order chi connectivity index (χ0) is 15.1. The highest BCUT2D eigenvalue weighted by Gasteiger charge is 2.27. The fraction of sp³-hybridized carbons (Fsp3) is 0.867. The van der Waals surface area contributed by atoms with Crippen molar-refractivity contribution in [1.82, 2.24) is 15.5 Å². The molecular weight excluding hydrogens is 379 g/mol. The average molecular weight is 410 g/mol. The van der Waals surface area contributed by atoms with Crippen LogP contribution < -0.4 is 10.6 Å². The molecular formula is C15H31IN4O. The first-order chi connectivity index (χ1) is 9.43. The number of guanidine groups is 1. The predicted molar refractivity (Wildman–Crippen MR) is 99.2 cm³/mol. The number of carbonyl (C=O) groups is 1. The molecule has 0 bridgehead atoms. The third-order valence-electron chi connectivity index (χ3n) is 3.57. The van der Waals surface area contributed by atoms with E-state index in [1.54, 1.807) is 7.05 Å². The van der Waals surface area contributed by atoms with Crippen LogP contribution in [0.1, 0.15) is 40.5 Å². The molecule has 0 aromatic carbocycles. The van der Waals surface area contributed by atoms with Crippen LogP contribution in [0.4, 0.5) is 0 Å². The highest BCUT2D eigenvalue weighted by atomic mass is 127. The average Bonchev–Trinajstić information content (AvgIpc) is 2.84. The second-order valence-electron chi connectivity index (χ2n) is 6.25. The topological polar surface area (TPSA) is 56.7 Å². The van der Waals surface area contributed by atoms with Gasteiger partial charge in [-0.25, -0.2) is 0 Å². The Hall–Kier alpha value is -0.530. The van der Waals surface area contributed by atoms with Crippen molar-refractivity contribution in [3.8, 4) is 0 Å². The van der Waals surface area contributed by atoms with E-state index in [4.69, 9.17) is 0 Å². The monoisotopic (exact) mass is 410 g/mol. The van der Waals surface area contributed by atoms with E-state index in [-0.39, 0.29) is 35.8 Å². The summed E-state index contributed by atoms with van der Waals surface area (Å²) in [6.07, 6.45) is 2.12. The van der Waals surface area contributed by atoms with E-state index < -0.39 is 0 Å². The van der Waals surface area contributed by atoms with Crippen molar-refractivity contribution in [2.24, 2.45) is 16.8 Å². The first-order valence-electron chi connectivity index (χ1n) is 7.70. The van der Waals surface area contributed by atoms with Crippen LogP contribution in [-0.4, -0.2) is 49.5 Å². The molecule has 1 atom stereocenters. The maximum absolute atomic E-state index is 11.9. The molecule has 1 fully saturated rings. The molecule has 1 aliphatic rings. The second kappa shape index (κ2) is 10.2. The van der Waals surface area contributed by atoms with Gasteiger partial charge in [-0.05, 0) is 18.8 Å². The number of nitrogens with one attached hydrogen (secondary N) is 2. The van der Waals surface area contributed by atoms with Gasteiger partial charge in [0.1, 0.15) is 0 Å². The quantitative estimate of drug-likeness (QED) is 0.415. The highest BCUT2D eigenvalue weighted by molar-refractivity contribution is 14.0. The van der Waals surface area contributed by atoms with Crippen LogP contribution in [0.15, 0.2) is 4.99 Å². The molecule has 2 N–H and O–H groups in total. The summed E-state index contributed by atoms with van der Waals surface area (Å²) in [5.74, 6) is 1.86. The van der Waals surface area contributed by atoms with E-state index in [2.05, 4.69) is 29.5 Å². The van der Waals surface area contributed by atoms with Crippen LogP contribution in [0.25, 0.3) is 0 Å². The van der Waals surface area contributed by atoms with Crippen LogP contribution in [0.5, 0.6) is 0 Å². The van der Waals surface area contributed by atoms with E-state index in [1.165, 1.54) is 0 Å². The van der Waals surface area contributed by atoms with Crippen LogP contribution in [-0.2, 0) is 4.79 Å². The first-order valence-corrected chi connectivity index (χ1v) is 7.70. The molecule has 1 saturated heterocycles. The largest absolute Gasteiger partial charge is 0.356 e. The maximum Gasteiger partial charge on any atom is 0.225 e. The summed E-state index contributed by atoms with van der Waals surface area (Å²) in [6, 6.07) is 0.308. The molecule has 1 aliphatic heterocycles. The van der Waals surface area contributed by atoms with E-state index in [1.807, 2.05) is 18.7 Å². The van der Waals surface area contributed by atoms with Crippen molar-refractivity contribution < 1.29 is 4.79 Å². The summed E-state index contributed by atoms with van der Waals surface area (Å²) >= 11 is 0. The van der Waals surface area contributed by atoms with Crippen LogP contribution >= 0.6 is 24.0 Å². The van der Waals surface area contributed by atoms with Gasteiger partial charge in [0.15, 0.2) is 5.96 Å².